The Morgan fingerprint density at radius 2 is 1.56 bits per heavy atom. The van der Waals surface area contributed by atoms with E-state index in [1.807, 2.05) is 37.3 Å². The van der Waals surface area contributed by atoms with Gasteiger partial charge in [0, 0.05) is 45.2 Å². The average Bonchev–Trinajstić information content (AvgIpc) is 3.22. The lowest BCUT2D eigenvalue weighted by molar-refractivity contribution is 0.0954. The second kappa shape index (κ2) is 9.88. The molecule has 0 saturated carbocycles. The van der Waals surface area contributed by atoms with Crippen LogP contribution in [0.1, 0.15) is 38.8 Å². The first-order chi connectivity index (χ1) is 17.5. The largest absolute Gasteiger partial charge is 0.341 e. The van der Waals surface area contributed by atoms with Crippen molar-refractivity contribution in [3.05, 3.63) is 113 Å². The lowest BCUT2D eigenvalue weighted by Crippen LogP contribution is -2.18. The van der Waals surface area contributed by atoms with Crippen molar-refractivity contribution in [1.82, 2.24) is 9.99 Å². The average molecular weight is 475 g/mol. The van der Waals surface area contributed by atoms with Crippen LogP contribution in [0.3, 0.4) is 0 Å². The molecule has 2 amide bonds. The van der Waals surface area contributed by atoms with Crippen molar-refractivity contribution in [2.75, 3.05) is 5.32 Å². The van der Waals surface area contributed by atoms with E-state index in [1.165, 1.54) is 16.4 Å². The Hall–Kier alpha value is -4.71. The molecule has 1 aromatic heterocycles. The number of rotatable bonds is 6. The molecule has 0 aliphatic carbocycles. The minimum absolute atomic E-state index is 0.186. The molecule has 0 aliphatic heterocycles. The number of anilines is 1. The van der Waals surface area contributed by atoms with E-state index >= 15 is 0 Å². The van der Waals surface area contributed by atoms with Crippen LogP contribution in [0.15, 0.2) is 96.1 Å². The third kappa shape index (κ3) is 4.49. The zero-order chi connectivity index (χ0) is 25.1. The third-order valence-electron chi connectivity index (χ3n) is 6.29. The van der Waals surface area contributed by atoms with E-state index in [4.69, 9.17) is 0 Å². The molecule has 5 aromatic rings. The number of benzene rings is 4. The highest BCUT2D eigenvalue weighted by Crippen LogP contribution is 2.29. The number of hydrogen-bond acceptors (Lipinski definition) is 3. The van der Waals surface area contributed by atoms with E-state index in [-0.39, 0.29) is 11.8 Å². The van der Waals surface area contributed by atoms with Gasteiger partial charge >= 0.3 is 0 Å². The number of nitrogens with zero attached hydrogens (tertiary/aromatic N) is 2. The van der Waals surface area contributed by atoms with Gasteiger partial charge in [-0.05, 0) is 73.5 Å². The fraction of sp³-hybridized carbons (Fsp3) is 0.100. The Morgan fingerprint density at radius 1 is 0.833 bits per heavy atom. The van der Waals surface area contributed by atoms with E-state index in [9.17, 15) is 9.59 Å². The SMILES string of the molecule is CCn1c2ccccc2c2cc(C=NNC(=O)c3ccc(NC(=O)c4ccccc4C)cc3)ccc21. The first-order valence-electron chi connectivity index (χ1n) is 11.9. The van der Waals surface area contributed by atoms with E-state index in [0.29, 0.717) is 16.8 Å². The molecule has 0 saturated heterocycles. The van der Waals surface area contributed by atoms with Crippen LogP contribution >= 0.6 is 0 Å². The normalized spacial score (nSPS) is 11.3. The van der Waals surface area contributed by atoms with Crippen molar-refractivity contribution in [2.45, 2.75) is 20.4 Å². The second-order valence-electron chi connectivity index (χ2n) is 8.58. The quantitative estimate of drug-likeness (QED) is 0.229. The molecule has 0 aliphatic rings. The van der Waals surface area contributed by atoms with Gasteiger partial charge < -0.3 is 9.88 Å². The molecule has 36 heavy (non-hydrogen) atoms. The van der Waals surface area contributed by atoms with Crippen molar-refractivity contribution in [3.8, 4) is 0 Å². The lowest BCUT2D eigenvalue weighted by atomic mass is 10.1. The van der Waals surface area contributed by atoms with Crippen molar-refractivity contribution < 1.29 is 9.59 Å². The van der Waals surface area contributed by atoms with Gasteiger partial charge in [-0.2, -0.15) is 5.10 Å². The molecule has 5 rings (SSSR count). The maximum absolute atomic E-state index is 12.5. The third-order valence-corrected chi connectivity index (χ3v) is 6.29. The maximum atomic E-state index is 12.5. The number of carbonyl (C=O) groups excluding carboxylic acids is 2. The molecule has 0 radical (unpaired) electrons. The Balaban J connectivity index is 1.26. The van der Waals surface area contributed by atoms with Gasteiger partial charge in [-0.15, -0.1) is 0 Å². The highest BCUT2D eigenvalue weighted by Gasteiger charge is 2.11. The molecule has 0 atom stereocenters. The summed E-state index contributed by atoms with van der Waals surface area (Å²) in [5.41, 5.74) is 8.44. The topological polar surface area (TPSA) is 75.5 Å². The summed E-state index contributed by atoms with van der Waals surface area (Å²) in [6, 6.07) is 28.6. The van der Waals surface area contributed by atoms with Crippen LogP contribution in [0.2, 0.25) is 0 Å². The van der Waals surface area contributed by atoms with Crippen LogP contribution in [-0.4, -0.2) is 22.6 Å². The van der Waals surface area contributed by atoms with Gasteiger partial charge in [0.05, 0.1) is 6.21 Å². The molecule has 1 heterocycles. The van der Waals surface area contributed by atoms with Crippen LogP contribution in [0.25, 0.3) is 21.8 Å². The van der Waals surface area contributed by atoms with Gasteiger partial charge in [0.1, 0.15) is 0 Å². The minimum atomic E-state index is -0.327. The summed E-state index contributed by atoms with van der Waals surface area (Å²) in [5.74, 6) is -0.513. The minimum Gasteiger partial charge on any atom is -0.341 e. The number of aromatic nitrogens is 1. The highest BCUT2D eigenvalue weighted by molar-refractivity contribution is 6.09. The van der Waals surface area contributed by atoms with Crippen molar-refractivity contribution >= 4 is 45.5 Å². The molecule has 6 nitrogen and oxygen atoms in total. The number of fused-ring (bicyclic) bond motifs is 3. The van der Waals surface area contributed by atoms with Crippen LogP contribution in [0.4, 0.5) is 5.69 Å². The summed E-state index contributed by atoms with van der Waals surface area (Å²) in [4.78, 5) is 25.0. The Morgan fingerprint density at radius 3 is 2.33 bits per heavy atom. The predicted molar refractivity (Wildman–Crippen MR) is 146 cm³/mol. The smallest absolute Gasteiger partial charge is 0.271 e. The number of hydrogen-bond donors (Lipinski definition) is 2. The Labute approximate surface area is 209 Å². The van der Waals surface area contributed by atoms with Crippen LogP contribution in [0, 0.1) is 6.92 Å². The molecule has 178 valence electrons. The first kappa shape index (κ1) is 23.1. The lowest BCUT2D eigenvalue weighted by Gasteiger charge is -2.08. The molecule has 2 N–H and O–H groups in total. The van der Waals surface area contributed by atoms with Crippen LogP contribution in [-0.2, 0) is 6.54 Å². The summed E-state index contributed by atoms with van der Waals surface area (Å²) in [7, 11) is 0. The number of para-hydroxylation sites is 1. The fourth-order valence-corrected chi connectivity index (χ4v) is 4.45. The summed E-state index contributed by atoms with van der Waals surface area (Å²) >= 11 is 0. The maximum Gasteiger partial charge on any atom is 0.271 e. The molecule has 0 spiro atoms. The molecule has 0 fully saturated rings. The molecule has 0 bridgehead atoms. The molecule has 4 aromatic carbocycles. The van der Waals surface area contributed by atoms with Gasteiger partial charge in [0.15, 0.2) is 0 Å². The zero-order valence-electron chi connectivity index (χ0n) is 20.2. The number of amides is 2. The van der Waals surface area contributed by atoms with Gasteiger partial charge in [-0.25, -0.2) is 5.43 Å². The standard InChI is InChI=1S/C30H26N4O2/c1-3-34-27-11-7-6-10-25(27)26-18-21(12-17-28(26)34)19-31-33-29(35)22-13-15-23(16-14-22)32-30(36)24-9-5-4-8-20(24)2/h4-19H,3H2,1-2H3,(H,32,36)(H,33,35). The molecular weight excluding hydrogens is 448 g/mol. The Kier molecular flexibility index (Phi) is 6.33. The monoisotopic (exact) mass is 474 g/mol. The first-order valence-corrected chi connectivity index (χ1v) is 11.9. The van der Waals surface area contributed by atoms with Gasteiger partial charge in [-0.3, -0.25) is 9.59 Å². The van der Waals surface area contributed by atoms with Crippen molar-refractivity contribution in [1.29, 1.82) is 0 Å². The number of carbonyl (C=O) groups is 2. The van der Waals surface area contributed by atoms with E-state index in [2.05, 4.69) is 57.7 Å². The highest BCUT2D eigenvalue weighted by atomic mass is 16.2. The van der Waals surface area contributed by atoms with Crippen molar-refractivity contribution in [3.63, 3.8) is 0 Å². The Bertz CT molecular complexity index is 1610. The van der Waals surface area contributed by atoms with E-state index in [0.717, 1.165) is 23.1 Å². The number of hydrazone groups is 1. The van der Waals surface area contributed by atoms with Crippen LogP contribution < -0.4 is 10.7 Å². The van der Waals surface area contributed by atoms with E-state index in [1.54, 1.807) is 36.5 Å². The fourth-order valence-electron chi connectivity index (χ4n) is 4.45. The molecule has 0 unspecified atom stereocenters. The number of aryl methyl sites for hydroxylation is 2. The predicted octanol–water partition coefficient (Wildman–Crippen LogP) is 6.14. The molecule has 6 heteroatoms. The van der Waals surface area contributed by atoms with Crippen LogP contribution in [0.5, 0.6) is 0 Å². The summed E-state index contributed by atoms with van der Waals surface area (Å²) in [6.45, 7) is 4.92. The van der Waals surface area contributed by atoms with Gasteiger partial charge in [0.25, 0.3) is 11.8 Å². The molecular formula is C30H26N4O2. The second-order valence-corrected chi connectivity index (χ2v) is 8.58. The number of nitrogens with one attached hydrogen (secondary N) is 2. The summed E-state index contributed by atoms with van der Waals surface area (Å²) in [5, 5.41) is 9.37. The van der Waals surface area contributed by atoms with E-state index < -0.39 is 0 Å². The van der Waals surface area contributed by atoms with Crippen molar-refractivity contribution in [2.24, 2.45) is 5.10 Å². The zero-order valence-corrected chi connectivity index (χ0v) is 20.2. The summed E-state index contributed by atoms with van der Waals surface area (Å²) in [6.07, 6.45) is 1.65. The van der Waals surface area contributed by atoms with Gasteiger partial charge in [-0.1, -0.05) is 42.5 Å². The summed E-state index contributed by atoms with van der Waals surface area (Å²) < 4.78 is 2.29. The van der Waals surface area contributed by atoms with Gasteiger partial charge in [0.2, 0.25) is 0 Å².